The van der Waals surface area contributed by atoms with Gasteiger partial charge in [0, 0.05) is 5.56 Å². The van der Waals surface area contributed by atoms with E-state index in [-0.39, 0.29) is 18.5 Å². The van der Waals surface area contributed by atoms with Crippen LogP contribution in [0.15, 0.2) is 24.3 Å². The molecular formula is C16H21ClO2. The number of carbonyl (C=O) groups excluding carboxylic acids is 1. The number of hydrogen-bond acceptors (Lipinski definition) is 2. The van der Waals surface area contributed by atoms with Gasteiger partial charge in [-0.25, -0.2) is 0 Å². The molecule has 1 fully saturated rings. The van der Waals surface area contributed by atoms with Crippen molar-refractivity contribution in [3.8, 4) is 0 Å². The van der Waals surface area contributed by atoms with E-state index in [1.807, 2.05) is 12.1 Å². The van der Waals surface area contributed by atoms with Gasteiger partial charge in [-0.2, -0.15) is 0 Å². The number of halogens is 1. The van der Waals surface area contributed by atoms with Crippen LogP contribution in [0.25, 0.3) is 0 Å². The number of ketones is 1. The number of ether oxygens (including phenoxy) is 1. The fourth-order valence-electron chi connectivity index (χ4n) is 2.72. The molecule has 104 valence electrons. The van der Waals surface area contributed by atoms with E-state index in [1.165, 1.54) is 19.3 Å². The van der Waals surface area contributed by atoms with Crippen molar-refractivity contribution >= 4 is 17.4 Å². The molecule has 1 aliphatic rings. The highest BCUT2D eigenvalue weighted by Crippen LogP contribution is 2.28. The number of Topliss-reactive ketones (excluding diaryl/α,β-unsaturated/α-hetero) is 1. The molecule has 0 bridgehead atoms. The highest BCUT2D eigenvalue weighted by Gasteiger charge is 2.22. The Hall–Kier alpha value is -0.860. The molecule has 2 unspecified atom stereocenters. The lowest BCUT2D eigenvalue weighted by molar-refractivity contribution is 0.0156. The Bertz CT molecular complexity index is 431. The quantitative estimate of drug-likeness (QED) is 0.742. The first kappa shape index (κ1) is 14.5. The lowest BCUT2D eigenvalue weighted by atomic mass is 9.85. The highest BCUT2D eigenvalue weighted by molar-refractivity contribution is 6.34. The summed E-state index contributed by atoms with van der Waals surface area (Å²) < 4.78 is 5.78. The molecule has 1 saturated carbocycles. The Labute approximate surface area is 120 Å². The largest absolute Gasteiger partial charge is 0.370 e. The summed E-state index contributed by atoms with van der Waals surface area (Å²) in [4.78, 5) is 12.0. The third-order valence-electron chi connectivity index (χ3n) is 3.94. The second kappa shape index (κ2) is 7.06. The Morgan fingerprint density at radius 1 is 1.37 bits per heavy atom. The first-order valence-corrected chi connectivity index (χ1v) is 7.47. The molecule has 3 heteroatoms. The van der Waals surface area contributed by atoms with Crippen molar-refractivity contribution in [1.82, 2.24) is 0 Å². The van der Waals surface area contributed by atoms with Crippen LogP contribution in [0, 0.1) is 5.92 Å². The Morgan fingerprint density at radius 3 is 2.89 bits per heavy atom. The van der Waals surface area contributed by atoms with E-state index in [0.717, 1.165) is 18.8 Å². The maximum atomic E-state index is 12.0. The summed E-state index contributed by atoms with van der Waals surface area (Å²) in [5.41, 5.74) is 0.562. The van der Waals surface area contributed by atoms with Crippen LogP contribution in [-0.2, 0) is 4.74 Å². The van der Waals surface area contributed by atoms with Gasteiger partial charge >= 0.3 is 0 Å². The maximum Gasteiger partial charge on any atom is 0.189 e. The van der Waals surface area contributed by atoms with Crippen LogP contribution >= 0.6 is 11.6 Å². The molecule has 0 amide bonds. The smallest absolute Gasteiger partial charge is 0.189 e. The lowest BCUT2D eigenvalue weighted by Gasteiger charge is -2.28. The molecule has 1 aromatic rings. The molecule has 19 heavy (non-hydrogen) atoms. The number of hydrogen-bond donors (Lipinski definition) is 0. The monoisotopic (exact) mass is 280 g/mol. The van der Waals surface area contributed by atoms with Crippen LogP contribution < -0.4 is 0 Å². The normalized spacial score (nSPS) is 23.3. The number of rotatable bonds is 5. The van der Waals surface area contributed by atoms with E-state index in [1.54, 1.807) is 12.1 Å². The molecule has 2 rings (SSSR count). The molecule has 2 nitrogen and oxygen atoms in total. The minimum Gasteiger partial charge on any atom is -0.370 e. The molecule has 1 aliphatic carbocycles. The first-order valence-electron chi connectivity index (χ1n) is 7.10. The minimum absolute atomic E-state index is 0.0239. The molecule has 0 spiro atoms. The van der Waals surface area contributed by atoms with Crippen LogP contribution in [0.5, 0.6) is 0 Å². The summed E-state index contributed by atoms with van der Waals surface area (Å²) in [6.07, 6.45) is 6.12. The Kier molecular flexibility index (Phi) is 5.41. The van der Waals surface area contributed by atoms with Gasteiger partial charge in [0.1, 0.15) is 6.61 Å². The van der Waals surface area contributed by atoms with Crippen molar-refractivity contribution < 1.29 is 9.53 Å². The third kappa shape index (κ3) is 4.05. The zero-order chi connectivity index (χ0) is 13.7. The molecule has 0 heterocycles. The van der Waals surface area contributed by atoms with E-state index >= 15 is 0 Å². The minimum atomic E-state index is -0.0239. The van der Waals surface area contributed by atoms with Gasteiger partial charge in [-0.1, -0.05) is 49.9 Å². The molecule has 0 aromatic heterocycles. The molecule has 2 atom stereocenters. The summed E-state index contributed by atoms with van der Waals surface area (Å²) >= 11 is 6.01. The molecular weight excluding hydrogens is 260 g/mol. The van der Waals surface area contributed by atoms with Crippen molar-refractivity contribution in [2.75, 3.05) is 6.61 Å². The molecule has 1 aromatic carbocycles. The standard InChI is InChI=1S/C16H21ClO2/c1-2-12-6-5-7-13(10-12)19-11-16(18)14-8-3-4-9-15(14)17/h3-4,8-9,12-13H,2,5-7,10-11H2,1H3. The van der Waals surface area contributed by atoms with Gasteiger partial charge in [0.05, 0.1) is 11.1 Å². The van der Waals surface area contributed by atoms with Crippen LogP contribution in [0.4, 0.5) is 0 Å². The zero-order valence-electron chi connectivity index (χ0n) is 11.4. The Balaban J connectivity index is 1.85. The van der Waals surface area contributed by atoms with Gasteiger partial charge in [-0.05, 0) is 30.9 Å². The van der Waals surface area contributed by atoms with Crippen molar-refractivity contribution in [2.45, 2.75) is 45.1 Å². The van der Waals surface area contributed by atoms with E-state index in [2.05, 4.69) is 6.92 Å². The van der Waals surface area contributed by atoms with Gasteiger partial charge in [-0.15, -0.1) is 0 Å². The average molecular weight is 281 g/mol. The zero-order valence-corrected chi connectivity index (χ0v) is 12.2. The van der Waals surface area contributed by atoms with Gasteiger partial charge < -0.3 is 4.74 Å². The van der Waals surface area contributed by atoms with Gasteiger partial charge in [-0.3, -0.25) is 4.79 Å². The SMILES string of the molecule is CCC1CCCC(OCC(=O)c2ccccc2Cl)C1. The number of benzene rings is 1. The molecule has 0 saturated heterocycles. The second-order valence-corrected chi connectivity index (χ2v) is 5.68. The summed E-state index contributed by atoms with van der Waals surface area (Å²) in [5.74, 6) is 0.735. The van der Waals surface area contributed by atoms with Crippen LogP contribution in [0.2, 0.25) is 5.02 Å². The highest BCUT2D eigenvalue weighted by atomic mass is 35.5. The predicted molar refractivity (Wildman–Crippen MR) is 77.8 cm³/mol. The molecule has 0 radical (unpaired) electrons. The van der Waals surface area contributed by atoms with Gasteiger partial charge in [0.25, 0.3) is 0 Å². The lowest BCUT2D eigenvalue weighted by Crippen LogP contribution is -2.25. The van der Waals surface area contributed by atoms with E-state index in [9.17, 15) is 4.79 Å². The summed E-state index contributed by atoms with van der Waals surface area (Å²) in [7, 11) is 0. The van der Waals surface area contributed by atoms with Crippen molar-refractivity contribution in [3.05, 3.63) is 34.9 Å². The fourth-order valence-corrected chi connectivity index (χ4v) is 2.96. The maximum absolute atomic E-state index is 12.0. The van der Waals surface area contributed by atoms with Gasteiger partial charge in [0.15, 0.2) is 5.78 Å². The van der Waals surface area contributed by atoms with E-state index < -0.39 is 0 Å². The van der Waals surface area contributed by atoms with Crippen LogP contribution in [0.1, 0.15) is 49.4 Å². The fraction of sp³-hybridized carbons (Fsp3) is 0.562. The van der Waals surface area contributed by atoms with Crippen molar-refractivity contribution in [1.29, 1.82) is 0 Å². The molecule has 0 aliphatic heterocycles. The van der Waals surface area contributed by atoms with Crippen LogP contribution in [-0.4, -0.2) is 18.5 Å². The Morgan fingerprint density at radius 2 is 2.16 bits per heavy atom. The third-order valence-corrected chi connectivity index (χ3v) is 4.27. The van der Waals surface area contributed by atoms with E-state index in [4.69, 9.17) is 16.3 Å². The summed E-state index contributed by atoms with van der Waals surface area (Å²) in [6.45, 7) is 2.37. The number of carbonyl (C=O) groups is 1. The second-order valence-electron chi connectivity index (χ2n) is 5.28. The topological polar surface area (TPSA) is 26.3 Å². The molecule has 0 N–H and O–H groups in total. The van der Waals surface area contributed by atoms with E-state index in [0.29, 0.717) is 10.6 Å². The summed E-state index contributed by atoms with van der Waals surface area (Å²) in [5, 5.41) is 0.506. The first-order chi connectivity index (χ1) is 9.20. The predicted octanol–water partition coefficient (Wildman–Crippen LogP) is 4.51. The van der Waals surface area contributed by atoms with Gasteiger partial charge in [0.2, 0.25) is 0 Å². The van der Waals surface area contributed by atoms with Crippen molar-refractivity contribution in [2.24, 2.45) is 5.92 Å². The van der Waals surface area contributed by atoms with Crippen LogP contribution in [0.3, 0.4) is 0 Å². The van der Waals surface area contributed by atoms with Crippen molar-refractivity contribution in [3.63, 3.8) is 0 Å². The summed E-state index contributed by atoms with van der Waals surface area (Å²) in [6, 6.07) is 7.14. The average Bonchev–Trinajstić information content (AvgIpc) is 2.45.